The van der Waals surface area contributed by atoms with Gasteiger partial charge in [-0.25, -0.2) is 15.0 Å². The van der Waals surface area contributed by atoms with Crippen molar-refractivity contribution in [1.29, 1.82) is 0 Å². The number of fused-ring (bicyclic) bond motifs is 4. The van der Waals surface area contributed by atoms with Crippen molar-refractivity contribution in [2.45, 2.75) is 133 Å². The van der Waals surface area contributed by atoms with E-state index in [1.807, 2.05) is 48.5 Å². The molecule has 0 spiro atoms. The van der Waals surface area contributed by atoms with E-state index in [0.717, 1.165) is 22.1 Å². The summed E-state index contributed by atoms with van der Waals surface area (Å²) < 4.78 is 33.3. The van der Waals surface area contributed by atoms with Crippen molar-refractivity contribution in [3.8, 4) is 0 Å². The largest absolute Gasteiger partial charge is 0.481 e. The number of rotatable bonds is 34. The fourth-order valence-corrected chi connectivity index (χ4v) is 13.1. The zero-order chi connectivity index (χ0) is 73.2. The fourth-order valence-electron chi connectivity index (χ4n) is 12.4. The predicted octanol–water partition coefficient (Wildman–Crippen LogP) is 7.74. The van der Waals surface area contributed by atoms with Gasteiger partial charge < -0.3 is 66.4 Å². The molecular weight excluding hydrogens is 1340 g/mol. The number of para-hydroxylation sites is 4. The number of amides is 7. The first-order valence-electron chi connectivity index (χ1n) is 34.0. The van der Waals surface area contributed by atoms with Crippen LogP contribution in [-0.2, 0) is 71.6 Å². The van der Waals surface area contributed by atoms with Crippen LogP contribution in [0, 0.1) is 0 Å². The van der Waals surface area contributed by atoms with Crippen LogP contribution in [0.1, 0.15) is 136 Å². The van der Waals surface area contributed by atoms with E-state index in [2.05, 4.69) is 61.7 Å². The van der Waals surface area contributed by atoms with Crippen molar-refractivity contribution in [2.24, 2.45) is 10.2 Å². The SMILES string of the molecule is CN(Cc1nc2ccccc2[nH]1)C(=O)c1ccc2c(c1)CN(CCCCCCNC(=O)CC[C@H](NC(=O)c1ccc(N=NCc3ccccc3S(=O)(=O)O)nc1)C(=O)NCCCCCCN1Cc3cc(C(=O)N(C)Cc4nc5ccccc5[nH]4)ccc3N[C@@H](CC(=O)O)C1=O)C(=O)C(CC(=O)O)N2. The highest BCUT2D eigenvalue weighted by Gasteiger charge is 2.34. The lowest BCUT2D eigenvalue weighted by atomic mass is 10.1. The summed E-state index contributed by atoms with van der Waals surface area (Å²) in [5.74, 6) is -3.96. The number of nitrogens with zero attached hydrogens (tertiary/aromatic N) is 9. The van der Waals surface area contributed by atoms with Crippen LogP contribution in [0.4, 0.5) is 17.2 Å². The first-order valence-corrected chi connectivity index (χ1v) is 35.4. The van der Waals surface area contributed by atoms with Crippen molar-refractivity contribution in [2.75, 3.05) is 50.9 Å². The molecule has 10 N–H and O–H groups in total. The molecule has 540 valence electrons. The number of nitrogens with one attached hydrogen (secondary N) is 7. The number of carbonyl (C=O) groups is 9. The Bertz CT molecular complexity index is 4520. The van der Waals surface area contributed by atoms with Gasteiger partial charge in [-0.2, -0.15) is 13.5 Å². The average molecular weight is 1430 g/mol. The lowest BCUT2D eigenvalue weighted by molar-refractivity contribution is -0.141. The standard InChI is InChI=1S/C72H82N16O14S/c1-85(43-62-79-53-18-8-9-19-54(53)80-62)69(96)45-23-26-51-49(35-45)41-87(71(98)58(77-51)37-65(90)91)33-15-5-3-13-31-73-64(89)30-28-57(83-67(94)48-25-29-61(75-39-48)84-76-40-47-17-7-12-22-60(47)103(100,101)102)68(95)74-32-14-4-6-16-34-88-42-50-36-46(24-27-52(50)78-59(72(88)99)38-66(92)93)70(97)86(2)44-63-81-55-20-10-11-21-56(55)82-63/h7-12,17-27,29,35-36,39,57-59,77-78H,3-6,13-16,28,30-34,37-38,40-44H2,1-2H3,(H,73,89)(H,74,95)(H,79,80)(H,81,82)(H,83,94)(H,90,91)(H,92,93)(H,100,101,102)/t57-,58?,59-/m0/s1. The molecule has 1 unspecified atom stereocenters. The van der Waals surface area contributed by atoms with Gasteiger partial charge in [-0.05, 0) is 128 Å². The zero-order valence-corrected chi connectivity index (χ0v) is 57.8. The zero-order valence-electron chi connectivity index (χ0n) is 57.0. The monoisotopic (exact) mass is 1430 g/mol. The normalized spacial score (nSPS) is 14.7. The molecule has 31 heteroatoms. The number of pyridine rings is 1. The van der Waals surface area contributed by atoms with Gasteiger partial charge in [-0.1, -0.05) is 68.1 Å². The predicted molar refractivity (Wildman–Crippen MR) is 379 cm³/mol. The van der Waals surface area contributed by atoms with Crippen LogP contribution in [0.2, 0.25) is 0 Å². The summed E-state index contributed by atoms with van der Waals surface area (Å²) in [6, 6.07) is 30.4. The van der Waals surface area contributed by atoms with E-state index in [1.165, 1.54) is 46.3 Å². The first kappa shape index (κ1) is 74.2. The number of aromatic nitrogens is 5. The summed E-state index contributed by atoms with van der Waals surface area (Å²) in [6.07, 6.45) is 4.75. The van der Waals surface area contributed by atoms with Crippen molar-refractivity contribution in [1.82, 2.24) is 60.5 Å². The second kappa shape index (κ2) is 34.7. The van der Waals surface area contributed by atoms with Gasteiger partial charge in [0.25, 0.3) is 27.8 Å². The molecule has 5 heterocycles. The average Bonchev–Trinajstić information content (AvgIpc) is 1.71. The van der Waals surface area contributed by atoms with Crippen molar-refractivity contribution < 1.29 is 66.3 Å². The second-order valence-electron chi connectivity index (χ2n) is 25.5. The number of azo groups is 1. The van der Waals surface area contributed by atoms with Crippen LogP contribution in [0.3, 0.4) is 0 Å². The minimum atomic E-state index is -4.52. The molecular formula is C72H82N16O14S. The van der Waals surface area contributed by atoms with Crippen LogP contribution in [-0.4, -0.2) is 179 Å². The number of benzene rings is 5. The van der Waals surface area contributed by atoms with Gasteiger partial charge in [0.1, 0.15) is 29.8 Å². The van der Waals surface area contributed by atoms with E-state index in [-0.39, 0.29) is 111 Å². The fraction of sp³-hybridized carbons (Fsp3) is 0.361. The van der Waals surface area contributed by atoms with Gasteiger partial charge in [-0.15, -0.1) is 5.11 Å². The minimum absolute atomic E-state index is 0.0494. The van der Waals surface area contributed by atoms with Crippen LogP contribution in [0.25, 0.3) is 22.1 Å². The molecule has 10 rings (SSSR count). The molecule has 2 aliphatic rings. The van der Waals surface area contributed by atoms with E-state index in [4.69, 9.17) is 0 Å². The van der Waals surface area contributed by atoms with Gasteiger partial charge in [0.05, 0.1) is 65.0 Å². The number of H-pyrrole nitrogens is 2. The summed E-state index contributed by atoms with van der Waals surface area (Å²) in [5, 5.41) is 42.2. The Balaban J connectivity index is 0.702. The molecule has 103 heavy (non-hydrogen) atoms. The maximum Gasteiger partial charge on any atom is 0.305 e. The summed E-state index contributed by atoms with van der Waals surface area (Å²) in [6.45, 7) is 1.54. The molecule has 3 aromatic heterocycles. The Kier molecular flexibility index (Phi) is 25.0. The lowest BCUT2D eigenvalue weighted by Gasteiger charge is -2.24. The van der Waals surface area contributed by atoms with E-state index in [9.17, 15) is 66.3 Å². The maximum atomic E-state index is 13.9. The topological polar surface area (TPSA) is 417 Å². The number of unbranched alkanes of at least 4 members (excludes halogenated alkanes) is 6. The molecule has 0 fully saturated rings. The van der Waals surface area contributed by atoms with E-state index >= 15 is 0 Å². The van der Waals surface area contributed by atoms with Gasteiger partial charge >= 0.3 is 11.9 Å². The highest BCUT2D eigenvalue weighted by Crippen LogP contribution is 2.30. The van der Waals surface area contributed by atoms with Crippen molar-refractivity contribution in [3.05, 3.63) is 173 Å². The molecule has 30 nitrogen and oxygen atoms in total. The highest BCUT2D eigenvalue weighted by atomic mass is 32.2. The van der Waals surface area contributed by atoms with E-state index in [0.29, 0.717) is 103 Å². The number of aliphatic carboxylic acids is 2. The number of hydrogen-bond donors (Lipinski definition) is 10. The smallest absolute Gasteiger partial charge is 0.305 e. The summed E-state index contributed by atoms with van der Waals surface area (Å²) in [7, 11) is -1.18. The van der Waals surface area contributed by atoms with E-state index in [1.54, 1.807) is 66.4 Å². The third-order valence-corrected chi connectivity index (χ3v) is 18.6. The number of carbonyl (C=O) groups excluding carboxylic acids is 7. The van der Waals surface area contributed by atoms with Gasteiger partial charge in [-0.3, -0.25) is 47.7 Å². The number of anilines is 2. The summed E-state index contributed by atoms with van der Waals surface area (Å²) in [5.41, 5.74) is 6.65. The highest BCUT2D eigenvalue weighted by molar-refractivity contribution is 7.85. The number of aromatic amines is 2. The Morgan fingerprint density at radius 3 is 1.62 bits per heavy atom. The van der Waals surface area contributed by atoms with Crippen LogP contribution >= 0.6 is 0 Å². The number of carboxylic acid groups (broad SMARTS) is 2. The van der Waals surface area contributed by atoms with Crippen LogP contribution < -0.4 is 26.6 Å². The van der Waals surface area contributed by atoms with Gasteiger partial charge in [0.2, 0.25) is 23.6 Å². The molecule has 5 aromatic carbocycles. The number of carboxylic acids is 2. The Labute approximate surface area is 593 Å². The Morgan fingerprint density at radius 2 is 1.12 bits per heavy atom. The molecule has 0 saturated carbocycles. The Morgan fingerprint density at radius 1 is 0.621 bits per heavy atom. The summed E-state index contributed by atoms with van der Waals surface area (Å²) >= 11 is 0. The van der Waals surface area contributed by atoms with Crippen molar-refractivity contribution in [3.63, 3.8) is 0 Å². The van der Waals surface area contributed by atoms with Crippen LogP contribution in [0.5, 0.6) is 0 Å². The molecule has 0 bridgehead atoms. The molecule has 0 aliphatic carbocycles. The molecule has 0 radical (unpaired) electrons. The van der Waals surface area contributed by atoms with Gasteiger partial charge in [0, 0.05) is 88.5 Å². The second-order valence-corrected chi connectivity index (χ2v) is 26.9. The Hall–Kier alpha value is -11.5. The lowest BCUT2D eigenvalue weighted by Crippen LogP contribution is -2.47. The minimum Gasteiger partial charge on any atom is -0.481 e. The van der Waals surface area contributed by atoms with Crippen LogP contribution in [0.15, 0.2) is 143 Å². The molecule has 2 aliphatic heterocycles. The number of hydrogen-bond acceptors (Lipinski definition) is 18. The first-order chi connectivity index (χ1) is 49.5. The molecule has 8 aromatic rings. The third-order valence-electron chi connectivity index (χ3n) is 17.7. The molecule has 3 atom stereocenters. The quantitative estimate of drug-likeness (QED) is 0.0105. The summed E-state index contributed by atoms with van der Waals surface area (Å²) in [4.78, 5) is 146. The third kappa shape index (κ3) is 20.4. The molecule has 0 saturated heterocycles. The van der Waals surface area contributed by atoms with Crippen molar-refractivity contribution >= 4 is 103 Å². The van der Waals surface area contributed by atoms with E-state index < -0.39 is 70.7 Å². The molecule has 7 amide bonds. The maximum absolute atomic E-state index is 13.9. The van der Waals surface area contributed by atoms with Gasteiger partial charge in [0.15, 0.2) is 5.82 Å². The number of imidazole rings is 2.